The van der Waals surface area contributed by atoms with E-state index in [0.29, 0.717) is 17.3 Å². The van der Waals surface area contributed by atoms with Gasteiger partial charge in [0.2, 0.25) is 5.95 Å². The second-order valence-corrected chi connectivity index (χ2v) is 6.42. The van der Waals surface area contributed by atoms with Crippen LogP contribution in [0.4, 0.5) is 24.9 Å². The SMILES string of the molecule is Cc1cc(NCc2cccc(C(F)(F)F)c2)nc(N2CCCC2CO)n1. The minimum atomic E-state index is -4.36. The van der Waals surface area contributed by atoms with Gasteiger partial charge in [-0.1, -0.05) is 12.1 Å². The molecule has 1 aliphatic heterocycles. The summed E-state index contributed by atoms with van der Waals surface area (Å²) in [6, 6.07) is 6.98. The zero-order chi connectivity index (χ0) is 18.7. The number of anilines is 2. The van der Waals surface area contributed by atoms with Gasteiger partial charge in [0.1, 0.15) is 5.82 Å². The van der Waals surface area contributed by atoms with Gasteiger partial charge in [0, 0.05) is 24.8 Å². The first-order valence-electron chi connectivity index (χ1n) is 8.50. The van der Waals surface area contributed by atoms with E-state index in [1.807, 2.05) is 11.8 Å². The van der Waals surface area contributed by atoms with Crippen molar-refractivity contribution >= 4 is 11.8 Å². The number of aliphatic hydroxyl groups is 1. The monoisotopic (exact) mass is 366 g/mol. The number of aliphatic hydroxyl groups excluding tert-OH is 1. The van der Waals surface area contributed by atoms with Crippen LogP contribution in [-0.4, -0.2) is 34.3 Å². The average molecular weight is 366 g/mol. The highest BCUT2D eigenvalue weighted by Crippen LogP contribution is 2.30. The van der Waals surface area contributed by atoms with Crippen molar-refractivity contribution in [2.45, 2.75) is 38.5 Å². The first-order valence-corrected chi connectivity index (χ1v) is 8.50. The van der Waals surface area contributed by atoms with Gasteiger partial charge in [0.25, 0.3) is 0 Å². The molecule has 1 unspecified atom stereocenters. The standard InChI is InChI=1S/C18H21F3N4O/c1-12-8-16(24-17(23-12)25-7-3-6-15(25)11-26)22-10-13-4-2-5-14(9-13)18(19,20)21/h2,4-5,8-9,15,26H,3,6-7,10-11H2,1H3,(H,22,23,24). The highest BCUT2D eigenvalue weighted by Gasteiger charge is 2.30. The molecule has 140 valence electrons. The van der Waals surface area contributed by atoms with Crippen molar-refractivity contribution in [1.29, 1.82) is 0 Å². The van der Waals surface area contributed by atoms with E-state index in [1.54, 1.807) is 12.1 Å². The molecular weight excluding hydrogens is 345 g/mol. The molecule has 0 aliphatic carbocycles. The van der Waals surface area contributed by atoms with Gasteiger partial charge in [-0.15, -0.1) is 0 Å². The Balaban J connectivity index is 1.74. The van der Waals surface area contributed by atoms with E-state index in [-0.39, 0.29) is 19.2 Å². The predicted octanol–water partition coefficient (Wildman–Crippen LogP) is 3.38. The maximum Gasteiger partial charge on any atom is 0.416 e. The summed E-state index contributed by atoms with van der Waals surface area (Å²) in [7, 11) is 0. The highest BCUT2D eigenvalue weighted by atomic mass is 19.4. The van der Waals surface area contributed by atoms with Crippen molar-refractivity contribution in [2.75, 3.05) is 23.4 Å². The molecule has 2 heterocycles. The lowest BCUT2D eigenvalue weighted by Crippen LogP contribution is -2.33. The number of nitrogens with one attached hydrogen (secondary N) is 1. The van der Waals surface area contributed by atoms with E-state index in [2.05, 4.69) is 15.3 Å². The summed E-state index contributed by atoms with van der Waals surface area (Å²) in [5.74, 6) is 1.08. The van der Waals surface area contributed by atoms with Gasteiger partial charge in [-0.2, -0.15) is 18.2 Å². The van der Waals surface area contributed by atoms with E-state index < -0.39 is 11.7 Å². The molecule has 1 aliphatic rings. The van der Waals surface area contributed by atoms with Crippen LogP contribution in [0.25, 0.3) is 0 Å². The first kappa shape index (κ1) is 18.4. The number of benzene rings is 1. The summed E-state index contributed by atoms with van der Waals surface area (Å²) in [5, 5.41) is 12.5. The van der Waals surface area contributed by atoms with Crippen LogP contribution in [0, 0.1) is 6.92 Å². The molecule has 1 fully saturated rings. The molecule has 2 N–H and O–H groups in total. The Morgan fingerprint density at radius 2 is 2.08 bits per heavy atom. The summed E-state index contributed by atoms with van der Waals surface area (Å²) in [6.07, 6.45) is -2.50. The van der Waals surface area contributed by atoms with Crippen LogP contribution >= 0.6 is 0 Å². The summed E-state index contributed by atoms with van der Waals surface area (Å²) >= 11 is 0. The Kier molecular flexibility index (Phi) is 5.31. The second kappa shape index (κ2) is 7.49. The van der Waals surface area contributed by atoms with E-state index in [9.17, 15) is 18.3 Å². The number of halogens is 3. The maximum absolute atomic E-state index is 12.8. The molecule has 0 amide bonds. The Morgan fingerprint density at radius 3 is 2.81 bits per heavy atom. The van der Waals surface area contributed by atoms with Gasteiger partial charge < -0.3 is 15.3 Å². The number of hydrogen-bond acceptors (Lipinski definition) is 5. The number of nitrogens with zero attached hydrogens (tertiary/aromatic N) is 3. The van der Waals surface area contributed by atoms with Gasteiger partial charge >= 0.3 is 6.18 Å². The third-order valence-corrected chi connectivity index (χ3v) is 4.42. The van der Waals surface area contributed by atoms with Crippen molar-refractivity contribution < 1.29 is 18.3 Å². The minimum absolute atomic E-state index is 0.00752. The fraction of sp³-hybridized carbons (Fsp3) is 0.444. The summed E-state index contributed by atoms with van der Waals surface area (Å²) in [6.45, 7) is 2.89. The Labute approximate surface area is 149 Å². The topological polar surface area (TPSA) is 61.3 Å². The smallest absolute Gasteiger partial charge is 0.394 e. The van der Waals surface area contributed by atoms with Crippen LogP contribution in [0.3, 0.4) is 0 Å². The number of hydrogen-bond donors (Lipinski definition) is 2. The van der Waals surface area contributed by atoms with Crippen LogP contribution in [-0.2, 0) is 12.7 Å². The van der Waals surface area contributed by atoms with Gasteiger partial charge in [0.15, 0.2) is 0 Å². The summed E-state index contributed by atoms with van der Waals surface area (Å²) < 4.78 is 38.4. The molecule has 26 heavy (non-hydrogen) atoms. The van der Waals surface area contributed by atoms with Crippen LogP contribution in [0.5, 0.6) is 0 Å². The molecule has 1 aromatic carbocycles. The Bertz CT molecular complexity index is 766. The van der Waals surface area contributed by atoms with Crippen LogP contribution < -0.4 is 10.2 Å². The zero-order valence-corrected chi connectivity index (χ0v) is 14.4. The lowest BCUT2D eigenvalue weighted by atomic mass is 10.1. The fourth-order valence-corrected chi connectivity index (χ4v) is 3.11. The molecule has 1 saturated heterocycles. The van der Waals surface area contributed by atoms with Crippen molar-refractivity contribution in [2.24, 2.45) is 0 Å². The quantitative estimate of drug-likeness (QED) is 0.850. The van der Waals surface area contributed by atoms with Crippen LogP contribution in [0.1, 0.15) is 29.7 Å². The summed E-state index contributed by atoms with van der Waals surface area (Å²) in [5.41, 5.74) is 0.608. The van der Waals surface area contributed by atoms with Gasteiger partial charge in [0.05, 0.1) is 18.2 Å². The Hall–Kier alpha value is -2.35. The van der Waals surface area contributed by atoms with Crippen LogP contribution in [0.2, 0.25) is 0 Å². The minimum Gasteiger partial charge on any atom is -0.394 e. The van der Waals surface area contributed by atoms with Crippen molar-refractivity contribution in [3.8, 4) is 0 Å². The lowest BCUT2D eigenvalue weighted by molar-refractivity contribution is -0.137. The van der Waals surface area contributed by atoms with Crippen molar-refractivity contribution in [3.63, 3.8) is 0 Å². The molecule has 0 bridgehead atoms. The van der Waals surface area contributed by atoms with Crippen molar-refractivity contribution in [3.05, 3.63) is 47.2 Å². The Morgan fingerprint density at radius 1 is 1.27 bits per heavy atom. The average Bonchev–Trinajstić information content (AvgIpc) is 3.08. The largest absolute Gasteiger partial charge is 0.416 e. The predicted molar refractivity (Wildman–Crippen MR) is 93.0 cm³/mol. The van der Waals surface area contributed by atoms with Gasteiger partial charge in [-0.05, 0) is 37.5 Å². The zero-order valence-electron chi connectivity index (χ0n) is 14.4. The van der Waals surface area contributed by atoms with E-state index in [4.69, 9.17) is 0 Å². The summed E-state index contributed by atoms with van der Waals surface area (Å²) in [4.78, 5) is 10.9. The third kappa shape index (κ3) is 4.24. The molecule has 0 saturated carbocycles. The number of rotatable bonds is 5. The molecule has 5 nitrogen and oxygen atoms in total. The molecule has 3 rings (SSSR count). The van der Waals surface area contributed by atoms with E-state index >= 15 is 0 Å². The molecule has 2 aromatic rings. The normalized spacial score (nSPS) is 17.6. The van der Waals surface area contributed by atoms with Crippen molar-refractivity contribution in [1.82, 2.24) is 9.97 Å². The molecule has 1 atom stereocenters. The van der Waals surface area contributed by atoms with E-state index in [1.165, 1.54) is 6.07 Å². The molecule has 8 heteroatoms. The third-order valence-electron chi connectivity index (χ3n) is 4.42. The van der Waals surface area contributed by atoms with Crippen LogP contribution in [0.15, 0.2) is 30.3 Å². The molecule has 0 spiro atoms. The van der Waals surface area contributed by atoms with E-state index in [0.717, 1.165) is 37.2 Å². The number of aryl methyl sites for hydroxylation is 1. The maximum atomic E-state index is 12.8. The first-order chi connectivity index (χ1) is 12.4. The van der Waals surface area contributed by atoms with Gasteiger partial charge in [-0.25, -0.2) is 4.98 Å². The second-order valence-electron chi connectivity index (χ2n) is 6.42. The molecule has 1 aromatic heterocycles. The number of aromatic nitrogens is 2. The lowest BCUT2D eigenvalue weighted by Gasteiger charge is -2.23. The number of alkyl halides is 3. The molecular formula is C18H21F3N4O. The highest BCUT2D eigenvalue weighted by molar-refractivity contribution is 5.45. The fourth-order valence-electron chi connectivity index (χ4n) is 3.11. The van der Waals surface area contributed by atoms with Gasteiger partial charge in [-0.3, -0.25) is 0 Å². The molecule has 0 radical (unpaired) electrons.